The number of carbonyl (C=O) groups excluding carboxylic acids is 2. The molecule has 6 nitrogen and oxygen atoms in total. The van der Waals surface area contributed by atoms with Crippen molar-refractivity contribution in [2.24, 2.45) is 29.6 Å². The second kappa shape index (κ2) is 7.54. The molecule has 1 amide bonds. The van der Waals surface area contributed by atoms with Crippen molar-refractivity contribution in [1.82, 2.24) is 5.32 Å². The van der Waals surface area contributed by atoms with Crippen LogP contribution in [0.5, 0.6) is 11.5 Å². The molecule has 6 heteroatoms. The first-order chi connectivity index (χ1) is 14.1. The van der Waals surface area contributed by atoms with Crippen molar-refractivity contribution in [2.45, 2.75) is 45.1 Å². The van der Waals surface area contributed by atoms with Crippen LogP contribution in [0.3, 0.4) is 0 Å². The number of amides is 1. The second-order valence-electron chi connectivity index (χ2n) is 9.26. The maximum absolute atomic E-state index is 12.7. The van der Waals surface area contributed by atoms with E-state index in [0.717, 1.165) is 23.1 Å². The number of esters is 1. The molecule has 156 valence electrons. The van der Waals surface area contributed by atoms with E-state index in [-0.39, 0.29) is 30.4 Å². The molecule has 1 aliphatic heterocycles. The summed E-state index contributed by atoms with van der Waals surface area (Å²) in [7, 11) is 0. The fourth-order valence-electron chi connectivity index (χ4n) is 6.24. The third kappa shape index (κ3) is 3.69. The molecule has 29 heavy (non-hydrogen) atoms. The smallest absolute Gasteiger partial charge is 0.310 e. The van der Waals surface area contributed by atoms with Crippen molar-refractivity contribution in [3.8, 4) is 11.5 Å². The van der Waals surface area contributed by atoms with Gasteiger partial charge in [-0.25, -0.2) is 0 Å². The van der Waals surface area contributed by atoms with E-state index >= 15 is 0 Å². The molecule has 1 aromatic carbocycles. The van der Waals surface area contributed by atoms with Crippen molar-refractivity contribution in [3.63, 3.8) is 0 Å². The summed E-state index contributed by atoms with van der Waals surface area (Å²) in [5.41, 5.74) is 0.926. The molecule has 1 heterocycles. The molecule has 1 atom stereocenters. The van der Waals surface area contributed by atoms with Crippen molar-refractivity contribution in [3.05, 3.63) is 23.8 Å². The van der Waals surface area contributed by atoms with Gasteiger partial charge in [-0.05, 0) is 80.4 Å². The van der Waals surface area contributed by atoms with Crippen molar-refractivity contribution >= 4 is 11.9 Å². The van der Waals surface area contributed by atoms with E-state index < -0.39 is 0 Å². The van der Waals surface area contributed by atoms with Crippen LogP contribution in [0.25, 0.3) is 0 Å². The normalized spacial score (nSPS) is 32.5. The number of nitrogens with one attached hydrogen (secondary N) is 1. The Labute approximate surface area is 171 Å². The van der Waals surface area contributed by atoms with E-state index in [1.165, 1.54) is 32.1 Å². The molecule has 4 bridgehead atoms. The Hall–Kier alpha value is -2.24. The molecule has 4 fully saturated rings. The number of hydrogen-bond donors (Lipinski definition) is 1. The van der Waals surface area contributed by atoms with E-state index in [9.17, 15) is 9.59 Å². The molecular weight excluding hydrogens is 370 g/mol. The first-order valence-electron chi connectivity index (χ1n) is 10.9. The molecule has 0 radical (unpaired) electrons. The van der Waals surface area contributed by atoms with Gasteiger partial charge in [-0.1, -0.05) is 6.07 Å². The fraction of sp³-hybridized carbons (Fsp3) is 0.652. The standard InChI is InChI=1S/C23H29NO5/c1-13(16-2-3-19-20(11-16)28-5-4-27-19)24-21(25)12-29-23(26)22-17-7-14-6-15(9-17)10-18(22)8-14/h2-3,11,13-15,17-18,22H,4-10,12H2,1H3,(H,24,25)/t13-,14?,15?,17?,18?,22?/m0/s1. The number of hydrogen-bond acceptors (Lipinski definition) is 5. The molecule has 0 aromatic heterocycles. The summed E-state index contributed by atoms with van der Waals surface area (Å²) in [4.78, 5) is 25.1. The SMILES string of the molecule is C[C@H](NC(=O)COC(=O)C1C2CC3CC(C2)CC1C3)c1ccc2c(c1)OCCO2. The Bertz CT molecular complexity index is 778. The molecule has 0 saturated heterocycles. The summed E-state index contributed by atoms with van der Waals surface area (Å²) in [6.07, 6.45) is 6.02. The van der Waals surface area contributed by atoms with Crippen molar-refractivity contribution in [2.75, 3.05) is 19.8 Å². The lowest BCUT2D eigenvalue weighted by Crippen LogP contribution is -2.48. The van der Waals surface area contributed by atoms with Crippen molar-refractivity contribution in [1.29, 1.82) is 0 Å². The van der Waals surface area contributed by atoms with Crippen LogP contribution in [-0.4, -0.2) is 31.7 Å². The highest BCUT2D eigenvalue weighted by Gasteiger charge is 2.51. The van der Waals surface area contributed by atoms with Gasteiger partial charge in [-0.15, -0.1) is 0 Å². The highest BCUT2D eigenvalue weighted by atomic mass is 16.6. The summed E-state index contributed by atoms with van der Waals surface area (Å²) in [6.45, 7) is 2.77. The summed E-state index contributed by atoms with van der Waals surface area (Å²) in [5, 5.41) is 2.91. The van der Waals surface area contributed by atoms with Crippen LogP contribution in [0.4, 0.5) is 0 Å². The molecular formula is C23H29NO5. The monoisotopic (exact) mass is 399 g/mol. The number of benzene rings is 1. The molecule has 0 unspecified atom stereocenters. The number of fused-ring (bicyclic) bond motifs is 1. The summed E-state index contributed by atoms with van der Waals surface area (Å²) in [5.74, 6) is 3.56. The predicted molar refractivity (Wildman–Crippen MR) is 105 cm³/mol. The highest BCUT2D eigenvalue weighted by Crippen LogP contribution is 2.56. The van der Waals surface area contributed by atoms with Crippen molar-refractivity contribution < 1.29 is 23.8 Å². The topological polar surface area (TPSA) is 73.9 Å². The van der Waals surface area contributed by atoms with Gasteiger partial charge >= 0.3 is 5.97 Å². The van der Waals surface area contributed by atoms with Gasteiger partial charge in [0.25, 0.3) is 5.91 Å². The van der Waals surface area contributed by atoms with Crippen LogP contribution in [-0.2, 0) is 14.3 Å². The van der Waals surface area contributed by atoms with Gasteiger partial charge in [0, 0.05) is 0 Å². The van der Waals surface area contributed by atoms with E-state index in [0.29, 0.717) is 30.8 Å². The summed E-state index contributed by atoms with van der Waals surface area (Å²) < 4.78 is 16.6. The van der Waals surface area contributed by atoms with Gasteiger partial charge in [-0.3, -0.25) is 9.59 Å². The van der Waals surface area contributed by atoms with Crippen LogP contribution in [0, 0.1) is 29.6 Å². The lowest BCUT2D eigenvalue weighted by molar-refractivity contribution is -0.164. The lowest BCUT2D eigenvalue weighted by Gasteiger charge is -2.53. The maximum Gasteiger partial charge on any atom is 0.310 e. The van der Waals surface area contributed by atoms with E-state index in [4.69, 9.17) is 14.2 Å². The molecule has 6 rings (SSSR count). The average Bonchev–Trinajstić information content (AvgIpc) is 2.71. The Kier molecular flexibility index (Phi) is 4.88. The van der Waals surface area contributed by atoms with Crippen LogP contribution < -0.4 is 14.8 Å². The Morgan fingerprint density at radius 3 is 2.38 bits per heavy atom. The van der Waals surface area contributed by atoms with Crippen LogP contribution >= 0.6 is 0 Å². The fourth-order valence-corrected chi connectivity index (χ4v) is 6.24. The van der Waals surface area contributed by atoms with Crippen LogP contribution in [0.2, 0.25) is 0 Å². The van der Waals surface area contributed by atoms with E-state index in [1.807, 2.05) is 25.1 Å². The molecule has 1 N–H and O–H groups in total. The minimum atomic E-state index is -0.274. The van der Waals surface area contributed by atoms with E-state index in [2.05, 4.69) is 5.32 Å². The Balaban J connectivity index is 1.14. The third-order valence-electron chi connectivity index (χ3n) is 7.29. The zero-order valence-corrected chi connectivity index (χ0v) is 16.9. The second-order valence-corrected chi connectivity index (χ2v) is 9.26. The molecule has 0 spiro atoms. The summed E-state index contributed by atoms with van der Waals surface area (Å²) >= 11 is 0. The van der Waals surface area contributed by atoms with E-state index in [1.54, 1.807) is 0 Å². The number of carbonyl (C=O) groups is 2. The minimum absolute atomic E-state index is 0.00539. The quantitative estimate of drug-likeness (QED) is 0.770. The number of rotatable bonds is 5. The van der Waals surface area contributed by atoms with Gasteiger partial charge in [0.1, 0.15) is 13.2 Å². The van der Waals surface area contributed by atoms with Gasteiger partial charge in [0.15, 0.2) is 18.1 Å². The summed E-state index contributed by atoms with van der Waals surface area (Å²) in [6, 6.07) is 5.45. The predicted octanol–water partition coefficient (Wildman–Crippen LogP) is 3.25. The largest absolute Gasteiger partial charge is 0.486 e. The van der Waals surface area contributed by atoms with Gasteiger partial charge in [0.2, 0.25) is 0 Å². The first kappa shape index (κ1) is 18.8. The lowest BCUT2D eigenvalue weighted by atomic mass is 9.52. The number of ether oxygens (including phenoxy) is 3. The van der Waals surface area contributed by atoms with Crippen LogP contribution in [0.15, 0.2) is 18.2 Å². The van der Waals surface area contributed by atoms with Gasteiger partial charge in [-0.2, -0.15) is 0 Å². The Morgan fingerprint density at radius 1 is 1.03 bits per heavy atom. The zero-order valence-electron chi connectivity index (χ0n) is 16.9. The minimum Gasteiger partial charge on any atom is -0.486 e. The van der Waals surface area contributed by atoms with Crippen LogP contribution in [0.1, 0.15) is 50.6 Å². The van der Waals surface area contributed by atoms with Gasteiger partial charge < -0.3 is 19.5 Å². The average molecular weight is 399 g/mol. The third-order valence-corrected chi connectivity index (χ3v) is 7.29. The molecule has 4 aliphatic carbocycles. The molecule has 4 saturated carbocycles. The maximum atomic E-state index is 12.7. The molecule has 1 aromatic rings. The van der Waals surface area contributed by atoms with Gasteiger partial charge in [0.05, 0.1) is 12.0 Å². The Morgan fingerprint density at radius 2 is 1.69 bits per heavy atom. The highest BCUT2D eigenvalue weighted by molar-refractivity contribution is 5.82. The zero-order chi connectivity index (χ0) is 20.0. The first-order valence-corrected chi connectivity index (χ1v) is 10.9. The molecule has 5 aliphatic rings.